The van der Waals surface area contributed by atoms with Crippen LogP contribution in [0.4, 0.5) is 4.39 Å². The Labute approximate surface area is 172 Å². The number of carbonyl (C=O) groups is 2. The Morgan fingerprint density at radius 1 is 1.43 bits per heavy atom. The van der Waals surface area contributed by atoms with Gasteiger partial charge < -0.3 is 20.4 Å². The van der Waals surface area contributed by atoms with Crippen molar-refractivity contribution in [1.29, 1.82) is 0 Å². The van der Waals surface area contributed by atoms with E-state index in [4.69, 9.17) is 4.74 Å². The lowest BCUT2D eigenvalue weighted by Crippen LogP contribution is -2.43. The van der Waals surface area contributed by atoms with Gasteiger partial charge in [-0.15, -0.1) is 5.10 Å². The summed E-state index contributed by atoms with van der Waals surface area (Å²) >= 11 is 0. The first-order valence-corrected chi connectivity index (χ1v) is 9.81. The minimum atomic E-state index is -0.923. The second kappa shape index (κ2) is 8.62. The summed E-state index contributed by atoms with van der Waals surface area (Å²) in [5.74, 6) is -1.45. The van der Waals surface area contributed by atoms with E-state index in [1.807, 2.05) is 0 Å². The van der Waals surface area contributed by atoms with Gasteiger partial charge in [-0.2, -0.15) is 0 Å². The highest BCUT2D eigenvalue weighted by atomic mass is 19.1. The maximum atomic E-state index is 13.4. The predicted octanol–water partition coefficient (Wildman–Crippen LogP) is 1.16. The van der Waals surface area contributed by atoms with Crippen molar-refractivity contribution in [2.45, 2.75) is 37.9 Å². The fourth-order valence-electron chi connectivity index (χ4n) is 3.75. The van der Waals surface area contributed by atoms with Crippen LogP contribution in [0.25, 0.3) is 10.9 Å². The molecule has 30 heavy (non-hydrogen) atoms. The number of rotatable bonds is 7. The Balaban J connectivity index is 1.46. The highest BCUT2D eigenvalue weighted by Crippen LogP contribution is 2.21. The summed E-state index contributed by atoms with van der Waals surface area (Å²) in [5, 5.41) is 14.7. The summed E-state index contributed by atoms with van der Waals surface area (Å²) in [6, 6.07) is 3.76. The van der Waals surface area contributed by atoms with E-state index >= 15 is 0 Å². The van der Waals surface area contributed by atoms with Gasteiger partial charge in [0, 0.05) is 29.6 Å². The number of esters is 1. The van der Waals surface area contributed by atoms with Gasteiger partial charge >= 0.3 is 5.97 Å². The molecule has 4 rings (SSSR count). The van der Waals surface area contributed by atoms with E-state index in [1.54, 1.807) is 23.1 Å². The third-order valence-electron chi connectivity index (χ3n) is 5.29. The van der Waals surface area contributed by atoms with Gasteiger partial charge in [-0.3, -0.25) is 9.48 Å². The van der Waals surface area contributed by atoms with Crippen LogP contribution < -0.4 is 10.6 Å². The highest BCUT2D eigenvalue weighted by molar-refractivity contribution is 5.95. The normalized spacial score (nSPS) is 17.2. The first kappa shape index (κ1) is 20.0. The second-order valence-electron chi connectivity index (χ2n) is 7.38. The van der Waals surface area contributed by atoms with Crippen LogP contribution >= 0.6 is 0 Å². The molecule has 3 aromatic rings. The van der Waals surface area contributed by atoms with Crippen molar-refractivity contribution < 1.29 is 18.7 Å². The van der Waals surface area contributed by atoms with Crippen LogP contribution in [0.5, 0.6) is 0 Å². The molecule has 1 fully saturated rings. The first-order valence-electron chi connectivity index (χ1n) is 9.81. The molecule has 9 nitrogen and oxygen atoms in total. The predicted molar refractivity (Wildman–Crippen MR) is 106 cm³/mol. The van der Waals surface area contributed by atoms with E-state index in [0.717, 1.165) is 30.3 Å². The molecule has 158 valence electrons. The van der Waals surface area contributed by atoms with Crippen molar-refractivity contribution in [3.63, 3.8) is 0 Å². The monoisotopic (exact) mass is 414 g/mol. The molecule has 0 radical (unpaired) electrons. The molecule has 0 spiro atoms. The average molecular weight is 414 g/mol. The van der Waals surface area contributed by atoms with Gasteiger partial charge in [0.2, 0.25) is 0 Å². The van der Waals surface area contributed by atoms with Gasteiger partial charge in [0.05, 0.1) is 19.9 Å². The number of carbonyl (C=O) groups excluding carboxylic acids is 2. The number of H-pyrrole nitrogens is 1. The SMILES string of the molecule is COC(=O)C(Cc1c[nH]c2cc(F)ccc12)NC(=O)c1cn(CC2CCCN2)nn1. The number of hydrogen-bond acceptors (Lipinski definition) is 6. The number of aromatic nitrogens is 4. The molecule has 3 N–H and O–H groups in total. The zero-order valence-electron chi connectivity index (χ0n) is 16.5. The largest absolute Gasteiger partial charge is 0.467 e. The Hall–Kier alpha value is -3.27. The van der Waals surface area contributed by atoms with E-state index in [2.05, 4.69) is 25.9 Å². The molecule has 1 aromatic carbocycles. The topological polar surface area (TPSA) is 114 Å². The number of methoxy groups -OCH3 is 1. The van der Waals surface area contributed by atoms with Crippen LogP contribution in [0.3, 0.4) is 0 Å². The van der Waals surface area contributed by atoms with Crippen molar-refractivity contribution >= 4 is 22.8 Å². The molecular weight excluding hydrogens is 391 g/mol. The molecule has 1 aliphatic rings. The fourth-order valence-corrected chi connectivity index (χ4v) is 3.75. The molecule has 0 aliphatic carbocycles. The second-order valence-corrected chi connectivity index (χ2v) is 7.38. The summed E-state index contributed by atoms with van der Waals surface area (Å²) in [4.78, 5) is 27.9. The van der Waals surface area contributed by atoms with E-state index in [1.165, 1.54) is 19.2 Å². The van der Waals surface area contributed by atoms with Gasteiger partial charge in [-0.1, -0.05) is 5.21 Å². The minimum absolute atomic E-state index is 0.128. The quantitative estimate of drug-likeness (QED) is 0.500. The minimum Gasteiger partial charge on any atom is -0.467 e. The van der Waals surface area contributed by atoms with Crippen molar-refractivity contribution in [2.24, 2.45) is 0 Å². The molecule has 2 aromatic heterocycles. The number of fused-ring (bicyclic) bond motifs is 1. The van der Waals surface area contributed by atoms with E-state index in [0.29, 0.717) is 18.1 Å². The Morgan fingerprint density at radius 2 is 2.30 bits per heavy atom. The van der Waals surface area contributed by atoms with Crippen molar-refractivity contribution in [1.82, 2.24) is 30.6 Å². The molecule has 3 heterocycles. The number of amides is 1. The van der Waals surface area contributed by atoms with Crippen LogP contribution in [0, 0.1) is 5.82 Å². The van der Waals surface area contributed by atoms with Gasteiger partial charge in [-0.05, 0) is 43.1 Å². The van der Waals surface area contributed by atoms with Crippen LogP contribution in [0.1, 0.15) is 28.9 Å². The van der Waals surface area contributed by atoms with Gasteiger partial charge in [0.25, 0.3) is 5.91 Å². The maximum absolute atomic E-state index is 13.4. The van der Waals surface area contributed by atoms with E-state index in [-0.39, 0.29) is 17.9 Å². The lowest BCUT2D eigenvalue weighted by Gasteiger charge is -2.15. The zero-order chi connectivity index (χ0) is 21.1. The molecule has 1 aliphatic heterocycles. The smallest absolute Gasteiger partial charge is 0.328 e. The van der Waals surface area contributed by atoms with Crippen LogP contribution in [0.15, 0.2) is 30.6 Å². The Bertz CT molecular complexity index is 1060. The van der Waals surface area contributed by atoms with Gasteiger partial charge in [0.1, 0.15) is 11.9 Å². The third kappa shape index (κ3) is 4.33. The molecular formula is C20H23FN6O3. The van der Waals surface area contributed by atoms with Crippen LogP contribution in [-0.2, 0) is 22.5 Å². The average Bonchev–Trinajstić information content (AvgIpc) is 3.49. The number of hydrogen-bond donors (Lipinski definition) is 3. The van der Waals surface area contributed by atoms with Crippen molar-refractivity contribution in [2.75, 3.05) is 13.7 Å². The highest BCUT2D eigenvalue weighted by Gasteiger charge is 2.25. The van der Waals surface area contributed by atoms with Gasteiger partial charge in [-0.25, -0.2) is 9.18 Å². The molecule has 1 amide bonds. The third-order valence-corrected chi connectivity index (χ3v) is 5.29. The summed E-state index contributed by atoms with van der Waals surface area (Å²) in [5.41, 5.74) is 1.50. The molecule has 0 bridgehead atoms. The number of nitrogens with zero attached hydrogens (tertiary/aromatic N) is 3. The zero-order valence-corrected chi connectivity index (χ0v) is 16.5. The number of aromatic amines is 1. The van der Waals surface area contributed by atoms with Crippen molar-refractivity contribution in [3.8, 4) is 0 Å². The number of ether oxygens (including phenoxy) is 1. The molecule has 1 saturated heterocycles. The fraction of sp³-hybridized carbons (Fsp3) is 0.400. The lowest BCUT2D eigenvalue weighted by atomic mass is 10.0. The lowest BCUT2D eigenvalue weighted by molar-refractivity contribution is -0.142. The summed E-state index contributed by atoms with van der Waals surface area (Å²) < 4.78 is 19.9. The standard InChI is InChI=1S/C20H23FN6O3/c1-30-20(29)17(7-12-9-23-16-8-13(21)4-5-15(12)16)24-19(28)18-11-27(26-25-18)10-14-3-2-6-22-14/h4-5,8-9,11,14,17,22-23H,2-3,6-7,10H2,1H3,(H,24,28). The molecule has 10 heteroatoms. The number of halogens is 1. The van der Waals surface area contributed by atoms with E-state index in [9.17, 15) is 14.0 Å². The molecule has 0 saturated carbocycles. The molecule has 2 unspecified atom stereocenters. The summed E-state index contributed by atoms with van der Waals surface area (Å²) in [6.07, 6.45) is 5.62. The number of nitrogens with one attached hydrogen (secondary N) is 3. The van der Waals surface area contributed by atoms with Gasteiger partial charge in [0.15, 0.2) is 5.69 Å². The Kier molecular flexibility index (Phi) is 5.75. The van der Waals surface area contributed by atoms with Crippen LogP contribution in [0.2, 0.25) is 0 Å². The molecule has 2 atom stereocenters. The number of benzene rings is 1. The van der Waals surface area contributed by atoms with Crippen LogP contribution in [-0.4, -0.2) is 57.6 Å². The summed E-state index contributed by atoms with van der Waals surface area (Å²) in [6.45, 7) is 1.61. The Morgan fingerprint density at radius 3 is 3.07 bits per heavy atom. The van der Waals surface area contributed by atoms with Crippen molar-refractivity contribution in [3.05, 3.63) is 47.7 Å². The summed E-state index contributed by atoms with van der Waals surface area (Å²) in [7, 11) is 1.26. The van der Waals surface area contributed by atoms with E-state index < -0.39 is 17.9 Å². The maximum Gasteiger partial charge on any atom is 0.328 e. The first-order chi connectivity index (χ1) is 14.5.